The van der Waals surface area contributed by atoms with Gasteiger partial charge >= 0.3 is 12.1 Å². The Hall–Kier alpha value is -0.820. The summed E-state index contributed by atoms with van der Waals surface area (Å²) in [4.78, 5) is 12.2. The van der Waals surface area contributed by atoms with E-state index in [4.69, 9.17) is 5.73 Å². The Morgan fingerprint density at radius 3 is 2.31 bits per heavy atom. The molecule has 7 heteroatoms. The number of hydrogen-bond donors (Lipinski definition) is 1. The summed E-state index contributed by atoms with van der Waals surface area (Å²) in [6.07, 6.45) is -4.14. The smallest absolute Gasteiger partial charge is 0.401 e. The van der Waals surface area contributed by atoms with Crippen molar-refractivity contribution in [3.63, 3.8) is 0 Å². The number of ether oxygens (including phenoxy) is 1. The van der Waals surface area contributed by atoms with Gasteiger partial charge in [-0.2, -0.15) is 13.2 Å². The molecule has 0 aliphatic carbocycles. The molecule has 96 valence electrons. The molecule has 0 aromatic carbocycles. The Bertz CT molecular complexity index is 241. The second-order valence-electron chi connectivity index (χ2n) is 4.01. The van der Waals surface area contributed by atoms with Gasteiger partial charge in [-0.3, -0.25) is 9.69 Å². The SMILES string of the molecule is COC(=O)C(C)(N)CCN(C)CC(F)(F)F. The van der Waals surface area contributed by atoms with E-state index in [2.05, 4.69) is 4.74 Å². The molecular weight excluding hydrogens is 225 g/mol. The average molecular weight is 242 g/mol. The summed E-state index contributed by atoms with van der Waals surface area (Å²) in [6.45, 7) is 0.478. The molecule has 0 radical (unpaired) electrons. The fourth-order valence-corrected chi connectivity index (χ4v) is 1.14. The molecule has 0 saturated heterocycles. The summed E-state index contributed by atoms with van der Waals surface area (Å²) >= 11 is 0. The Labute approximate surface area is 92.5 Å². The zero-order valence-corrected chi connectivity index (χ0v) is 9.60. The highest BCUT2D eigenvalue weighted by Crippen LogP contribution is 2.16. The molecule has 0 heterocycles. The van der Waals surface area contributed by atoms with Crippen molar-refractivity contribution in [1.29, 1.82) is 0 Å². The molecule has 0 aliphatic rings. The number of hydrogen-bond acceptors (Lipinski definition) is 4. The van der Waals surface area contributed by atoms with E-state index in [1.54, 1.807) is 0 Å². The minimum atomic E-state index is -4.25. The third-order valence-corrected chi connectivity index (χ3v) is 2.11. The van der Waals surface area contributed by atoms with Gasteiger partial charge in [0.25, 0.3) is 0 Å². The lowest BCUT2D eigenvalue weighted by molar-refractivity contribution is -0.148. The van der Waals surface area contributed by atoms with Crippen LogP contribution in [-0.2, 0) is 9.53 Å². The highest BCUT2D eigenvalue weighted by atomic mass is 19.4. The van der Waals surface area contributed by atoms with Crippen LogP contribution in [0.25, 0.3) is 0 Å². The van der Waals surface area contributed by atoms with Gasteiger partial charge in [0.05, 0.1) is 13.7 Å². The molecule has 0 aromatic heterocycles. The molecule has 0 aromatic rings. The van der Waals surface area contributed by atoms with E-state index in [0.717, 1.165) is 4.90 Å². The van der Waals surface area contributed by atoms with Crippen molar-refractivity contribution in [3.05, 3.63) is 0 Å². The number of carbonyl (C=O) groups is 1. The first-order chi connectivity index (χ1) is 7.08. The molecule has 4 nitrogen and oxygen atoms in total. The topological polar surface area (TPSA) is 55.6 Å². The van der Waals surface area contributed by atoms with Crippen LogP contribution in [0.4, 0.5) is 13.2 Å². The lowest BCUT2D eigenvalue weighted by Gasteiger charge is -2.25. The lowest BCUT2D eigenvalue weighted by atomic mass is 9.99. The minimum Gasteiger partial charge on any atom is -0.468 e. The first-order valence-corrected chi connectivity index (χ1v) is 4.71. The normalized spacial score (nSPS) is 16.0. The van der Waals surface area contributed by atoms with Crippen LogP contribution in [0.5, 0.6) is 0 Å². The Morgan fingerprint density at radius 2 is 1.94 bits per heavy atom. The van der Waals surface area contributed by atoms with Crippen molar-refractivity contribution in [2.75, 3.05) is 27.2 Å². The van der Waals surface area contributed by atoms with Gasteiger partial charge in [0, 0.05) is 6.54 Å². The van der Waals surface area contributed by atoms with Crippen molar-refractivity contribution >= 4 is 5.97 Å². The third-order valence-electron chi connectivity index (χ3n) is 2.11. The molecule has 16 heavy (non-hydrogen) atoms. The molecule has 0 amide bonds. The predicted molar refractivity (Wildman–Crippen MR) is 52.8 cm³/mol. The molecular formula is C9H17F3N2O2. The largest absolute Gasteiger partial charge is 0.468 e. The summed E-state index contributed by atoms with van der Waals surface area (Å²) in [5.74, 6) is -0.632. The summed E-state index contributed by atoms with van der Waals surface area (Å²) in [7, 11) is 2.51. The number of alkyl halides is 3. The van der Waals surface area contributed by atoms with Crippen LogP contribution >= 0.6 is 0 Å². The molecule has 1 atom stereocenters. The molecule has 0 aliphatic heterocycles. The maximum absolute atomic E-state index is 12.0. The standard InChI is InChI=1S/C9H17F3N2O2/c1-8(13,7(15)16-3)4-5-14(2)6-9(10,11)12/h4-6,13H2,1-3H3. The van der Waals surface area contributed by atoms with Gasteiger partial charge in [0.15, 0.2) is 0 Å². The summed E-state index contributed by atoms with van der Waals surface area (Å²) in [5, 5.41) is 0. The number of nitrogens with zero attached hydrogens (tertiary/aromatic N) is 1. The first kappa shape index (κ1) is 15.2. The van der Waals surface area contributed by atoms with Crippen molar-refractivity contribution in [2.45, 2.75) is 25.1 Å². The highest BCUT2D eigenvalue weighted by Gasteiger charge is 2.32. The average Bonchev–Trinajstić information content (AvgIpc) is 2.11. The van der Waals surface area contributed by atoms with Gasteiger partial charge in [-0.05, 0) is 20.4 Å². The molecule has 2 N–H and O–H groups in total. The second-order valence-corrected chi connectivity index (χ2v) is 4.01. The molecule has 0 saturated carbocycles. The van der Waals surface area contributed by atoms with Gasteiger partial charge in [0.1, 0.15) is 5.54 Å². The van der Waals surface area contributed by atoms with E-state index in [1.165, 1.54) is 21.1 Å². The highest BCUT2D eigenvalue weighted by molar-refractivity contribution is 5.79. The lowest BCUT2D eigenvalue weighted by Crippen LogP contribution is -2.48. The van der Waals surface area contributed by atoms with Crippen LogP contribution < -0.4 is 5.73 Å². The Morgan fingerprint density at radius 1 is 1.44 bits per heavy atom. The van der Waals surface area contributed by atoms with E-state index in [-0.39, 0.29) is 13.0 Å². The molecule has 0 spiro atoms. The Balaban J connectivity index is 4.10. The quantitative estimate of drug-likeness (QED) is 0.723. The predicted octanol–water partition coefficient (Wildman–Crippen LogP) is 0.761. The summed E-state index contributed by atoms with van der Waals surface area (Å²) in [6, 6.07) is 0. The third kappa shape index (κ3) is 5.92. The van der Waals surface area contributed by atoms with Gasteiger partial charge in [-0.15, -0.1) is 0 Å². The number of esters is 1. The Kier molecular flexibility index (Phi) is 5.21. The van der Waals surface area contributed by atoms with Gasteiger partial charge in [-0.25, -0.2) is 0 Å². The van der Waals surface area contributed by atoms with E-state index >= 15 is 0 Å². The van der Waals surface area contributed by atoms with E-state index in [9.17, 15) is 18.0 Å². The molecule has 0 bridgehead atoms. The van der Waals surface area contributed by atoms with E-state index in [0.29, 0.717) is 0 Å². The van der Waals surface area contributed by atoms with E-state index < -0.39 is 24.2 Å². The summed E-state index contributed by atoms with van der Waals surface area (Å²) < 4.78 is 40.4. The monoisotopic (exact) mass is 242 g/mol. The number of nitrogens with two attached hydrogens (primary N) is 1. The van der Waals surface area contributed by atoms with Crippen LogP contribution in [0.15, 0.2) is 0 Å². The van der Waals surface area contributed by atoms with Crippen molar-refractivity contribution < 1.29 is 22.7 Å². The van der Waals surface area contributed by atoms with Crippen LogP contribution in [0.3, 0.4) is 0 Å². The molecule has 1 unspecified atom stereocenters. The minimum absolute atomic E-state index is 0.0710. The van der Waals surface area contributed by atoms with Gasteiger partial charge in [0.2, 0.25) is 0 Å². The number of halogens is 3. The van der Waals surface area contributed by atoms with E-state index in [1.807, 2.05) is 0 Å². The number of rotatable bonds is 5. The van der Waals surface area contributed by atoms with Crippen LogP contribution in [-0.4, -0.2) is 49.8 Å². The van der Waals surface area contributed by atoms with Crippen molar-refractivity contribution in [3.8, 4) is 0 Å². The summed E-state index contributed by atoms with van der Waals surface area (Å²) in [5.41, 5.74) is 4.35. The van der Waals surface area contributed by atoms with Crippen LogP contribution in [0, 0.1) is 0 Å². The maximum atomic E-state index is 12.0. The van der Waals surface area contributed by atoms with Gasteiger partial charge in [-0.1, -0.05) is 0 Å². The van der Waals surface area contributed by atoms with Crippen LogP contribution in [0.1, 0.15) is 13.3 Å². The number of methoxy groups -OCH3 is 1. The fourth-order valence-electron chi connectivity index (χ4n) is 1.14. The first-order valence-electron chi connectivity index (χ1n) is 4.71. The zero-order chi connectivity index (χ0) is 13.0. The molecule has 0 rings (SSSR count). The number of carbonyl (C=O) groups excluding carboxylic acids is 1. The van der Waals surface area contributed by atoms with Crippen molar-refractivity contribution in [2.24, 2.45) is 5.73 Å². The fraction of sp³-hybridized carbons (Fsp3) is 0.889. The van der Waals surface area contributed by atoms with Crippen LogP contribution in [0.2, 0.25) is 0 Å². The van der Waals surface area contributed by atoms with Gasteiger partial charge < -0.3 is 10.5 Å². The second kappa shape index (κ2) is 5.49. The van der Waals surface area contributed by atoms with Crippen molar-refractivity contribution in [1.82, 2.24) is 4.90 Å². The molecule has 0 fully saturated rings. The zero-order valence-electron chi connectivity index (χ0n) is 9.60. The maximum Gasteiger partial charge on any atom is 0.401 e.